The van der Waals surface area contributed by atoms with Crippen LogP contribution in [-0.4, -0.2) is 27.9 Å². The molecule has 0 amide bonds. The Morgan fingerprint density at radius 2 is 1.21 bits per heavy atom. The number of rotatable bonds is 4. The molecule has 0 radical (unpaired) electrons. The molecule has 6 heteroatoms. The van der Waals surface area contributed by atoms with Crippen molar-refractivity contribution in [3.05, 3.63) is 0 Å². The van der Waals surface area contributed by atoms with Crippen molar-refractivity contribution in [3.63, 3.8) is 0 Å². The lowest BCUT2D eigenvalue weighted by Gasteiger charge is -2.15. The molecule has 4 nitrogen and oxygen atoms in total. The van der Waals surface area contributed by atoms with E-state index in [1.54, 1.807) is 13.8 Å². The molecule has 0 aliphatic carbocycles. The number of alkyl halides is 2. The van der Waals surface area contributed by atoms with E-state index in [2.05, 4.69) is 31.9 Å². The fraction of sp³-hybridized carbons (Fsp3) is 0.750. The largest absolute Gasteiger partial charge is 0.425 e. The van der Waals surface area contributed by atoms with Gasteiger partial charge < -0.3 is 9.47 Å². The molecule has 0 fully saturated rings. The van der Waals surface area contributed by atoms with Crippen LogP contribution in [0.4, 0.5) is 0 Å². The van der Waals surface area contributed by atoms with Crippen molar-refractivity contribution >= 4 is 43.8 Å². The highest BCUT2D eigenvalue weighted by atomic mass is 79.9. The number of esters is 2. The summed E-state index contributed by atoms with van der Waals surface area (Å²) < 4.78 is 9.57. The van der Waals surface area contributed by atoms with E-state index in [0.29, 0.717) is 0 Å². The molecular formula is C8H12Br2O4. The summed E-state index contributed by atoms with van der Waals surface area (Å²) in [5.74, 6) is -0.931. The molecule has 0 aromatic rings. The molecule has 0 rings (SSSR count). The molecule has 0 aromatic heterocycles. The molecule has 0 N–H and O–H groups in total. The number of halogens is 2. The van der Waals surface area contributed by atoms with Gasteiger partial charge in [-0.15, -0.1) is 0 Å². The van der Waals surface area contributed by atoms with Crippen molar-refractivity contribution in [1.82, 2.24) is 0 Å². The molecule has 0 aliphatic heterocycles. The van der Waals surface area contributed by atoms with Crippen LogP contribution >= 0.6 is 31.9 Å². The summed E-state index contributed by atoms with van der Waals surface area (Å²) in [4.78, 5) is 21.2. The van der Waals surface area contributed by atoms with Gasteiger partial charge in [0, 0.05) is 6.92 Å². The second-order valence-corrected chi connectivity index (χ2v) is 5.42. The number of carbonyl (C=O) groups excluding carboxylic acids is 2. The van der Waals surface area contributed by atoms with E-state index in [9.17, 15) is 9.59 Å². The van der Waals surface area contributed by atoms with Crippen LogP contribution in [-0.2, 0) is 19.1 Å². The van der Waals surface area contributed by atoms with Crippen LogP contribution in [0.1, 0.15) is 20.8 Å². The van der Waals surface area contributed by atoms with Crippen molar-refractivity contribution in [3.8, 4) is 0 Å². The van der Waals surface area contributed by atoms with Gasteiger partial charge in [-0.1, -0.05) is 31.9 Å². The molecule has 82 valence electrons. The van der Waals surface area contributed by atoms with Gasteiger partial charge in [0.2, 0.25) is 6.29 Å². The maximum absolute atomic E-state index is 11.0. The third-order valence-corrected chi connectivity index (χ3v) is 1.96. The zero-order valence-corrected chi connectivity index (χ0v) is 11.3. The first-order chi connectivity index (χ1) is 6.34. The zero-order chi connectivity index (χ0) is 11.3. The smallest absolute Gasteiger partial charge is 0.322 e. The highest BCUT2D eigenvalue weighted by Crippen LogP contribution is 2.07. The summed E-state index contributed by atoms with van der Waals surface area (Å²) in [6, 6.07) is 0. The van der Waals surface area contributed by atoms with Crippen molar-refractivity contribution in [2.45, 2.75) is 36.7 Å². The average molecular weight is 332 g/mol. The Morgan fingerprint density at radius 1 is 0.929 bits per heavy atom. The number of carbonyl (C=O) groups is 2. The van der Waals surface area contributed by atoms with Crippen molar-refractivity contribution in [2.24, 2.45) is 0 Å². The second kappa shape index (κ2) is 6.40. The minimum atomic E-state index is -0.866. The Kier molecular flexibility index (Phi) is 6.35. The summed E-state index contributed by atoms with van der Waals surface area (Å²) in [7, 11) is 0. The van der Waals surface area contributed by atoms with Gasteiger partial charge in [-0.05, 0) is 13.8 Å². The third-order valence-electron chi connectivity index (χ3n) is 1.21. The van der Waals surface area contributed by atoms with Crippen LogP contribution in [0.5, 0.6) is 0 Å². The number of ether oxygens (including phenoxy) is 2. The summed E-state index contributed by atoms with van der Waals surface area (Å²) in [5.41, 5.74) is 0. The van der Waals surface area contributed by atoms with Gasteiger partial charge in [-0.3, -0.25) is 9.59 Å². The van der Waals surface area contributed by atoms with Crippen LogP contribution in [0.15, 0.2) is 0 Å². The Bertz CT molecular complexity index is 193. The van der Waals surface area contributed by atoms with Gasteiger partial charge in [0.05, 0.1) is 0 Å². The molecule has 0 bridgehead atoms. The summed E-state index contributed by atoms with van der Waals surface area (Å²) in [6.07, 6.45) is -0.866. The number of hydrogen-bond donors (Lipinski definition) is 0. The molecule has 2 atom stereocenters. The second-order valence-electron chi connectivity index (χ2n) is 2.67. The molecule has 0 saturated carbocycles. The van der Waals surface area contributed by atoms with E-state index < -0.39 is 27.9 Å². The van der Waals surface area contributed by atoms with Gasteiger partial charge in [-0.25, -0.2) is 0 Å². The van der Waals surface area contributed by atoms with E-state index in [1.165, 1.54) is 6.92 Å². The molecule has 2 unspecified atom stereocenters. The summed E-state index contributed by atoms with van der Waals surface area (Å²) in [6.45, 7) is 4.74. The first-order valence-corrected chi connectivity index (χ1v) is 5.87. The Hall–Kier alpha value is -0.100. The lowest BCUT2D eigenvalue weighted by atomic mass is 10.5. The van der Waals surface area contributed by atoms with E-state index in [-0.39, 0.29) is 0 Å². The molecule has 0 aliphatic rings. The van der Waals surface area contributed by atoms with Crippen molar-refractivity contribution < 1.29 is 19.1 Å². The van der Waals surface area contributed by atoms with E-state index >= 15 is 0 Å². The average Bonchev–Trinajstić information content (AvgIpc) is 2.03. The fourth-order valence-electron chi connectivity index (χ4n) is 0.539. The highest BCUT2D eigenvalue weighted by Gasteiger charge is 2.19. The van der Waals surface area contributed by atoms with Gasteiger partial charge in [-0.2, -0.15) is 0 Å². The van der Waals surface area contributed by atoms with E-state index in [1.807, 2.05) is 0 Å². The minimum Gasteiger partial charge on any atom is -0.425 e. The Balaban J connectivity index is 3.93. The van der Waals surface area contributed by atoms with Gasteiger partial charge in [0.1, 0.15) is 9.65 Å². The maximum atomic E-state index is 11.0. The monoisotopic (exact) mass is 330 g/mol. The van der Waals surface area contributed by atoms with Crippen molar-refractivity contribution in [1.29, 1.82) is 0 Å². The standard InChI is InChI=1S/C8H12Br2O4/c1-4(9)7(11)13-6(3)14-8(12)5(2)10/h4-6H,1-3H3. The van der Waals surface area contributed by atoms with Crippen LogP contribution in [0.3, 0.4) is 0 Å². The summed E-state index contributed by atoms with van der Waals surface area (Å²) in [5, 5.41) is 0. The van der Waals surface area contributed by atoms with Gasteiger partial charge in [0.25, 0.3) is 0 Å². The van der Waals surface area contributed by atoms with Gasteiger partial charge >= 0.3 is 11.9 Å². The third kappa shape index (κ3) is 5.59. The first-order valence-electron chi connectivity index (χ1n) is 4.03. The van der Waals surface area contributed by atoms with E-state index in [0.717, 1.165) is 0 Å². The summed E-state index contributed by atoms with van der Waals surface area (Å²) >= 11 is 6.08. The lowest BCUT2D eigenvalue weighted by Crippen LogP contribution is -2.27. The molecular weight excluding hydrogens is 320 g/mol. The predicted octanol–water partition coefficient (Wildman–Crippen LogP) is 1.99. The lowest BCUT2D eigenvalue weighted by molar-refractivity contribution is -0.183. The topological polar surface area (TPSA) is 52.6 Å². The highest BCUT2D eigenvalue weighted by molar-refractivity contribution is 9.10. The quantitative estimate of drug-likeness (QED) is 0.449. The first kappa shape index (κ1) is 13.9. The molecule has 0 saturated heterocycles. The molecule has 0 aromatic carbocycles. The Morgan fingerprint density at radius 3 is 1.43 bits per heavy atom. The van der Waals surface area contributed by atoms with Crippen LogP contribution in [0.2, 0.25) is 0 Å². The SMILES string of the molecule is CC(OC(=O)C(C)Br)OC(=O)C(C)Br. The number of hydrogen-bond acceptors (Lipinski definition) is 4. The molecule has 14 heavy (non-hydrogen) atoms. The molecule has 0 spiro atoms. The van der Waals surface area contributed by atoms with E-state index in [4.69, 9.17) is 9.47 Å². The van der Waals surface area contributed by atoms with Crippen molar-refractivity contribution in [2.75, 3.05) is 0 Å². The maximum Gasteiger partial charge on any atom is 0.322 e. The predicted molar refractivity (Wildman–Crippen MR) is 58.4 cm³/mol. The minimum absolute atomic E-state index is 0.412. The zero-order valence-electron chi connectivity index (χ0n) is 8.12. The molecule has 0 heterocycles. The van der Waals surface area contributed by atoms with Gasteiger partial charge in [0.15, 0.2) is 0 Å². The van der Waals surface area contributed by atoms with Crippen LogP contribution in [0, 0.1) is 0 Å². The Labute approximate surface area is 99.6 Å². The normalized spacial score (nSPS) is 16.6. The van der Waals surface area contributed by atoms with Crippen LogP contribution < -0.4 is 0 Å². The van der Waals surface area contributed by atoms with Crippen LogP contribution in [0.25, 0.3) is 0 Å². The fourth-order valence-corrected chi connectivity index (χ4v) is 0.755.